The quantitative estimate of drug-likeness (QED) is 0.783. The van der Waals surface area contributed by atoms with Crippen LogP contribution in [0, 0.1) is 12.3 Å². The van der Waals surface area contributed by atoms with Gasteiger partial charge in [-0.3, -0.25) is 9.59 Å². The molecule has 0 spiro atoms. The SMILES string of the molecule is Cc1cc(C(=O)Cl)ccc1N1C(=O)C(C)(C)CS1(=O)=O. The second-order valence-electron chi connectivity index (χ2n) is 5.48. The van der Waals surface area contributed by atoms with Crippen LogP contribution >= 0.6 is 11.6 Å². The van der Waals surface area contributed by atoms with Gasteiger partial charge in [-0.25, -0.2) is 12.7 Å². The predicted octanol–water partition coefficient (Wildman–Crippen LogP) is 2.08. The Kier molecular flexibility index (Phi) is 3.42. The molecule has 2 rings (SSSR count). The van der Waals surface area contributed by atoms with Crippen LogP contribution in [-0.4, -0.2) is 25.3 Å². The lowest BCUT2D eigenvalue weighted by Crippen LogP contribution is -2.33. The minimum Gasteiger partial charge on any atom is -0.276 e. The third kappa shape index (κ3) is 2.33. The second kappa shape index (κ2) is 4.56. The van der Waals surface area contributed by atoms with Crippen molar-refractivity contribution < 1.29 is 18.0 Å². The number of sulfonamides is 1. The summed E-state index contributed by atoms with van der Waals surface area (Å²) in [6, 6.07) is 4.31. The summed E-state index contributed by atoms with van der Waals surface area (Å²) < 4.78 is 25.2. The molecule has 1 heterocycles. The summed E-state index contributed by atoms with van der Waals surface area (Å²) in [6.45, 7) is 4.82. The summed E-state index contributed by atoms with van der Waals surface area (Å²) in [4.78, 5) is 23.4. The van der Waals surface area contributed by atoms with E-state index in [9.17, 15) is 18.0 Å². The molecule has 0 atom stereocenters. The highest BCUT2D eigenvalue weighted by atomic mass is 35.5. The highest BCUT2D eigenvalue weighted by Gasteiger charge is 2.50. The molecule has 1 aliphatic heterocycles. The minimum atomic E-state index is -3.69. The van der Waals surface area contributed by atoms with Crippen molar-refractivity contribution >= 4 is 38.5 Å². The number of anilines is 1. The molecule has 20 heavy (non-hydrogen) atoms. The molecule has 1 aromatic carbocycles. The molecule has 0 saturated carbocycles. The Bertz CT molecular complexity index is 709. The lowest BCUT2D eigenvalue weighted by Gasteiger charge is -2.19. The Labute approximate surface area is 122 Å². The Morgan fingerprint density at radius 2 is 1.95 bits per heavy atom. The fourth-order valence-corrected chi connectivity index (χ4v) is 4.53. The lowest BCUT2D eigenvalue weighted by molar-refractivity contribution is -0.123. The van der Waals surface area contributed by atoms with Crippen LogP contribution in [0.1, 0.15) is 29.8 Å². The van der Waals surface area contributed by atoms with E-state index in [1.807, 2.05) is 0 Å². The molecule has 0 aromatic heterocycles. The summed E-state index contributed by atoms with van der Waals surface area (Å²) in [6.07, 6.45) is 0. The molecule has 1 amide bonds. The van der Waals surface area contributed by atoms with E-state index in [1.54, 1.807) is 20.8 Å². The number of rotatable bonds is 2. The highest BCUT2D eigenvalue weighted by molar-refractivity contribution is 7.94. The van der Waals surface area contributed by atoms with E-state index in [1.165, 1.54) is 18.2 Å². The first kappa shape index (κ1) is 15.0. The Balaban J connectivity index is 2.57. The van der Waals surface area contributed by atoms with Gasteiger partial charge in [-0.2, -0.15) is 0 Å². The van der Waals surface area contributed by atoms with Gasteiger partial charge in [0.2, 0.25) is 15.9 Å². The number of hydrogen-bond donors (Lipinski definition) is 0. The van der Waals surface area contributed by atoms with Crippen LogP contribution in [0.3, 0.4) is 0 Å². The number of carbonyl (C=O) groups is 2. The van der Waals surface area contributed by atoms with E-state index < -0.39 is 26.6 Å². The van der Waals surface area contributed by atoms with E-state index in [4.69, 9.17) is 11.6 Å². The zero-order chi connectivity index (χ0) is 15.3. The number of hydrogen-bond acceptors (Lipinski definition) is 4. The van der Waals surface area contributed by atoms with Crippen LogP contribution < -0.4 is 4.31 Å². The second-order valence-corrected chi connectivity index (χ2v) is 7.65. The molecule has 0 bridgehead atoms. The maximum absolute atomic E-state index is 12.3. The molecule has 1 fully saturated rings. The Hall–Kier alpha value is -1.40. The zero-order valence-electron chi connectivity index (χ0n) is 11.3. The van der Waals surface area contributed by atoms with Crippen molar-refractivity contribution in [2.75, 3.05) is 10.1 Å². The van der Waals surface area contributed by atoms with Crippen molar-refractivity contribution in [3.05, 3.63) is 29.3 Å². The van der Waals surface area contributed by atoms with E-state index in [0.29, 0.717) is 5.56 Å². The van der Waals surface area contributed by atoms with Crippen molar-refractivity contribution in [1.82, 2.24) is 0 Å². The van der Waals surface area contributed by atoms with Crippen LogP contribution in [0.2, 0.25) is 0 Å². The fraction of sp³-hybridized carbons (Fsp3) is 0.385. The molecular formula is C13H14ClNO4S. The van der Waals surface area contributed by atoms with Crippen molar-refractivity contribution in [3.8, 4) is 0 Å². The van der Waals surface area contributed by atoms with Gasteiger partial charge in [0.05, 0.1) is 16.9 Å². The molecule has 108 valence electrons. The number of halogens is 1. The molecular weight excluding hydrogens is 302 g/mol. The number of aryl methyl sites for hydroxylation is 1. The van der Waals surface area contributed by atoms with Crippen molar-refractivity contribution in [1.29, 1.82) is 0 Å². The molecule has 1 aliphatic rings. The first-order chi connectivity index (χ1) is 9.06. The van der Waals surface area contributed by atoms with Crippen LogP contribution in [0.15, 0.2) is 18.2 Å². The number of benzene rings is 1. The van der Waals surface area contributed by atoms with E-state index in [0.717, 1.165) is 4.31 Å². The van der Waals surface area contributed by atoms with Gasteiger partial charge in [0.15, 0.2) is 0 Å². The number of carbonyl (C=O) groups excluding carboxylic acids is 2. The molecule has 0 unspecified atom stereocenters. The molecule has 7 heteroatoms. The van der Waals surface area contributed by atoms with Crippen molar-refractivity contribution in [3.63, 3.8) is 0 Å². The van der Waals surface area contributed by atoms with Gasteiger partial charge in [-0.05, 0) is 56.1 Å². The standard InChI is InChI=1S/C13H14ClNO4S/c1-8-6-9(11(14)16)4-5-10(8)15-12(17)13(2,3)7-20(15,18)19/h4-6H,7H2,1-3H3. The first-order valence-electron chi connectivity index (χ1n) is 5.94. The normalized spacial score (nSPS) is 20.2. The Morgan fingerprint density at radius 1 is 1.35 bits per heavy atom. The van der Waals surface area contributed by atoms with E-state index in [2.05, 4.69) is 0 Å². The average Bonchev–Trinajstić information content (AvgIpc) is 2.44. The van der Waals surface area contributed by atoms with Crippen LogP contribution in [0.5, 0.6) is 0 Å². The minimum absolute atomic E-state index is 0.228. The summed E-state index contributed by atoms with van der Waals surface area (Å²) in [5, 5.41) is -0.629. The van der Waals surface area contributed by atoms with Gasteiger partial charge in [-0.1, -0.05) is 0 Å². The summed E-state index contributed by atoms with van der Waals surface area (Å²) in [5.41, 5.74) is 0.0799. The van der Waals surface area contributed by atoms with Crippen LogP contribution in [-0.2, 0) is 14.8 Å². The topological polar surface area (TPSA) is 71.5 Å². The first-order valence-corrected chi connectivity index (χ1v) is 7.93. The monoisotopic (exact) mass is 315 g/mol. The third-order valence-corrected chi connectivity index (χ3v) is 5.45. The number of nitrogens with zero attached hydrogens (tertiary/aromatic N) is 1. The van der Waals surface area contributed by atoms with Gasteiger partial charge in [0, 0.05) is 5.56 Å². The molecule has 5 nitrogen and oxygen atoms in total. The van der Waals surface area contributed by atoms with Crippen molar-refractivity contribution in [2.45, 2.75) is 20.8 Å². The van der Waals surface area contributed by atoms with E-state index >= 15 is 0 Å². The van der Waals surface area contributed by atoms with Crippen molar-refractivity contribution in [2.24, 2.45) is 5.41 Å². The van der Waals surface area contributed by atoms with E-state index in [-0.39, 0.29) is 17.0 Å². The lowest BCUT2D eigenvalue weighted by atomic mass is 9.95. The molecule has 0 N–H and O–H groups in total. The van der Waals surface area contributed by atoms with Crippen LogP contribution in [0.25, 0.3) is 0 Å². The van der Waals surface area contributed by atoms with Gasteiger partial charge in [0.25, 0.3) is 5.24 Å². The molecule has 0 aliphatic carbocycles. The fourth-order valence-electron chi connectivity index (χ4n) is 2.25. The maximum atomic E-state index is 12.3. The summed E-state index contributed by atoms with van der Waals surface area (Å²) >= 11 is 5.38. The molecule has 1 saturated heterocycles. The maximum Gasteiger partial charge on any atom is 0.252 e. The molecule has 1 aromatic rings. The number of amides is 1. The smallest absolute Gasteiger partial charge is 0.252 e. The van der Waals surface area contributed by atoms with Gasteiger partial charge in [0.1, 0.15) is 0 Å². The third-order valence-electron chi connectivity index (χ3n) is 3.23. The van der Waals surface area contributed by atoms with Gasteiger partial charge in [-0.15, -0.1) is 0 Å². The highest BCUT2D eigenvalue weighted by Crippen LogP contribution is 2.37. The molecule has 0 radical (unpaired) electrons. The predicted molar refractivity (Wildman–Crippen MR) is 76.4 cm³/mol. The summed E-state index contributed by atoms with van der Waals surface area (Å²) in [7, 11) is -3.69. The average molecular weight is 316 g/mol. The zero-order valence-corrected chi connectivity index (χ0v) is 12.9. The summed E-state index contributed by atoms with van der Waals surface area (Å²) in [5.74, 6) is -0.695. The Morgan fingerprint density at radius 3 is 2.35 bits per heavy atom. The largest absolute Gasteiger partial charge is 0.276 e. The van der Waals surface area contributed by atoms with Crippen LogP contribution in [0.4, 0.5) is 5.69 Å². The van der Waals surface area contributed by atoms with Gasteiger partial charge >= 0.3 is 0 Å². The van der Waals surface area contributed by atoms with Gasteiger partial charge < -0.3 is 0 Å².